The number of allylic oxidation sites excluding steroid dienone is 1. The molecule has 1 unspecified atom stereocenters. The van der Waals surface area contributed by atoms with Gasteiger partial charge in [-0.3, -0.25) is 4.79 Å². The molecule has 0 saturated carbocycles. The number of rotatable bonds is 12. The van der Waals surface area contributed by atoms with E-state index >= 15 is 0 Å². The molecule has 0 spiro atoms. The second kappa shape index (κ2) is 13.1. The van der Waals surface area contributed by atoms with Crippen molar-refractivity contribution in [2.75, 3.05) is 13.2 Å². The van der Waals surface area contributed by atoms with E-state index in [9.17, 15) is 9.59 Å². The lowest BCUT2D eigenvalue weighted by molar-refractivity contribution is -0.151. The van der Waals surface area contributed by atoms with Crippen molar-refractivity contribution in [2.45, 2.75) is 73.1 Å². The highest BCUT2D eigenvalue weighted by atomic mass is 16.5. The first-order chi connectivity index (χ1) is 11.0. The van der Waals surface area contributed by atoms with E-state index in [4.69, 9.17) is 9.47 Å². The normalized spacial score (nSPS) is 13.0. The SMILES string of the molecule is CCCCOC(=O)C(=CC(C)C)C(CCC)C(=O)OCCCC. The highest BCUT2D eigenvalue weighted by molar-refractivity contribution is 5.95. The number of carbonyl (C=O) groups excluding carboxylic acids is 2. The number of unbranched alkanes of at least 4 members (excludes halogenated alkanes) is 2. The summed E-state index contributed by atoms with van der Waals surface area (Å²) in [6.07, 6.45) is 6.87. The molecule has 4 nitrogen and oxygen atoms in total. The largest absolute Gasteiger partial charge is 0.465 e. The topological polar surface area (TPSA) is 52.6 Å². The quantitative estimate of drug-likeness (QED) is 0.297. The summed E-state index contributed by atoms with van der Waals surface area (Å²) < 4.78 is 10.7. The minimum atomic E-state index is -0.520. The van der Waals surface area contributed by atoms with Crippen LogP contribution in [0.25, 0.3) is 0 Å². The molecule has 0 aliphatic heterocycles. The number of ether oxygens (including phenoxy) is 2. The summed E-state index contributed by atoms with van der Waals surface area (Å²) in [7, 11) is 0. The molecule has 0 bridgehead atoms. The maximum Gasteiger partial charge on any atom is 0.334 e. The Morgan fingerprint density at radius 2 is 1.48 bits per heavy atom. The lowest BCUT2D eigenvalue weighted by atomic mass is 9.91. The van der Waals surface area contributed by atoms with Gasteiger partial charge in [0.15, 0.2) is 0 Å². The number of carbonyl (C=O) groups is 2. The fraction of sp³-hybridized carbons (Fsp3) is 0.789. The van der Waals surface area contributed by atoms with Crippen LogP contribution < -0.4 is 0 Å². The maximum atomic E-state index is 12.4. The van der Waals surface area contributed by atoms with Gasteiger partial charge in [0.1, 0.15) is 0 Å². The van der Waals surface area contributed by atoms with Crippen LogP contribution >= 0.6 is 0 Å². The van der Waals surface area contributed by atoms with Gasteiger partial charge in [0.25, 0.3) is 0 Å². The molecule has 0 aliphatic rings. The van der Waals surface area contributed by atoms with Crippen LogP contribution in [0.1, 0.15) is 73.1 Å². The zero-order valence-corrected chi connectivity index (χ0v) is 15.5. The van der Waals surface area contributed by atoms with Crippen LogP contribution in [0.3, 0.4) is 0 Å². The highest BCUT2D eigenvalue weighted by Gasteiger charge is 2.29. The van der Waals surface area contributed by atoms with Gasteiger partial charge in [-0.2, -0.15) is 0 Å². The van der Waals surface area contributed by atoms with E-state index in [1.54, 1.807) is 0 Å². The molecule has 134 valence electrons. The van der Waals surface area contributed by atoms with Crippen LogP contribution in [0.4, 0.5) is 0 Å². The second-order valence-electron chi connectivity index (χ2n) is 6.22. The lowest BCUT2D eigenvalue weighted by Gasteiger charge is -2.19. The van der Waals surface area contributed by atoms with E-state index in [-0.39, 0.29) is 17.9 Å². The van der Waals surface area contributed by atoms with Gasteiger partial charge in [-0.1, -0.05) is 60.0 Å². The van der Waals surface area contributed by atoms with Crippen LogP contribution in [0.15, 0.2) is 11.6 Å². The summed E-state index contributed by atoms with van der Waals surface area (Å²) in [4.78, 5) is 24.8. The van der Waals surface area contributed by atoms with E-state index in [1.807, 2.05) is 40.7 Å². The fourth-order valence-corrected chi connectivity index (χ4v) is 2.18. The van der Waals surface area contributed by atoms with Crippen molar-refractivity contribution in [3.63, 3.8) is 0 Å². The third-order valence-electron chi connectivity index (χ3n) is 3.46. The van der Waals surface area contributed by atoms with E-state index in [1.165, 1.54) is 0 Å². The summed E-state index contributed by atoms with van der Waals surface area (Å²) in [6, 6.07) is 0. The van der Waals surface area contributed by atoms with Crippen molar-refractivity contribution in [1.29, 1.82) is 0 Å². The van der Waals surface area contributed by atoms with Gasteiger partial charge in [0, 0.05) is 5.57 Å². The Balaban J connectivity index is 5.10. The number of hydrogen-bond donors (Lipinski definition) is 0. The average Bonchev–Trinajstić information content (AvgIpc) is 2.50. The van der Waals surface area contributed by atoms with E-state index < -0.39 is 5.92 Å². The predicted octanol–water partition coefficient (Wildman–Crippen LogP) is 4.67. The zero-order chi connectivity index (χ0) is 17.7. The average molecular weight is 326 g/mol. The molecule has 0 amide bonds. The van der Waals surface area contributed by atoms with Crippen LogP contribution in [0.2, 0.25) is 0 Å². The Hall–Kier alpha value is -1.32. The van der Waals surface area contributed by atoms with Gasteiger partial charge >= 0.3 is 11.9 Å². The van der Waals surface area contributed by atoms with Gasteiger partial charge in [0.2, 0.25) is 0 Å². The smallest absolute Gasteiger partial charge is 0.334 e. The fourth-order valence-electron chi connectivity index (χ4n) is 2.18. The van der Waals surface area contributed by atoms with E-state index in [2.05, 4.69) is 0 Å². The second-order valence-corrected chi connectivity index (χ2v) is 6.22. The van der Waals surface area contributed by atoms with Crippen LogP contribution in [0, 0.1) is 11.8 Å². The number of hydrogen-bond acceptors (Lipinski definition) is 4. The van der Waals surface area contributed by atoms with E-state index in [0.717, 1.165) is 32.1 Å². The minimum absolute atomic E-state index is 0.173. The molecular weight excluding hydrogens is 292 g/mol. The molecule has 4 heteroatoms. The molecule has 0 heterocycles. The highest BCUT2D eigenvalue weighted by Crippen LogP contribution is 2.23. The Bertz CT molecular complexity index is 372. The molecule has 0 aliphatic carbocycles. The summed E-state index contributed by atoms with van der Waals surface area (Å²) in [5.74, 6) is -1.03. The Labute approximate surface area is 141 Å². The van der Waals surface area contributed by atoms with Crippen molar-refractivity contribution in [1.82, 2.24) is 0 Å². The standard InChI is InChI=1S/C19H34O4/c1-6-9-12-22-18(20)16(11-8-3)17(14-15(4)5)19(21)23-13-10-7-2/h14-16H,6-13H2,1-5H3. The molecule has 0 aromatic rings. The Morgan fingerprint density at radius 1 is 0.913 bits per heavy atom. The number of esters is 2. The van der Waals surface area contributed by atoms with Crippen molar-refractivity contribution in [3.8, 4) is 0 Å². The van der Waals surface area contributed by atoms with Crippen LogP contribution in [-0.4, -0.2) is 25.2 Å². The molecule has 0 radical (unpaired) electrons. The molecule has 0 fully saturated rings. The summed E-state index contributed by atoms with van der Waals surface area (Å²) in [5.41, 5.74) is 0.458. The Morgan fingerprint density at radius 3 is 1.96 bits per heavy atom. The first-order valence-corrected chi connectivity index (χ1v) is 9.03. The summed E-state index contributed by atoms with van der Waals surface area (Å²) in [5, 5.41) is 0. The first-order valence-electron chi connectivity index (χ1n) is 9.03. The molecule has 0 aromatic carbocycles. The van der Waals surface area contributed by atoms with Crippen LogP contribution in [-0.2, 0) is 19.1 Å². The molecule has 0 saturated heterocycles. The third-order valence-corrected chi connectivity index (χ3v) is 3.46. The van der Waals surface area contributed by atoms with Gasteiger partial charge in [-0.15, -0.1) is 0 Å². The first kappa shape index (κ1) is 21.7. The van der Waals surface area contributed by atoms with Crippen molar-refractivity contribution in [3.05, 3.63) is 11.6 Å². The zero-order valence-electron chi connectivity index (χ0n) is 15.5. The molecule has 1 atom stereocenters. The van der Waals surface area contributed by atoms with Crippen molar-refractivity contribution in [2.24, 2.45) is 11.8 Å². The lowest BCUT2D eigenvalue weighted by Crippen LogP contribution is -2.26. The molecule has 0 rings (SSSR count). The summed E-state index contributed by atoms with van der Waals surface area (Å²) >= 11 is 0. The van der Waals surface area contributed by atoms with Crippen molar-refractivity contribution < 1.29 is 19.1 Å². The van der Waals surface area contributed by atoms with Gasteiger partial charge < -0.3 is 9.47 Å². The van der Waals surface area contributed by atoms with Gasteiger partial charge in [-0.05, 0) is 25.2 Å². The monoisotopic (exact) mass is 326 g/mol. The van der Waals surface area contributed by atoms with Gasteiger partial charge in [0.05, 0.1) is 19.1 Å². The third kappa shape index (κ3) is 9.42. The molecule has 0 aromatic heterocycles. The minimum Gasteiger partial charge on any atom is -0.465 e. The molecular formula is C19H34O4. The van der Waals surface area contributed by atoms with Crippen molar-refractivity contribution >= 4 is 11.9 Å². The summed E-state index contributed by atoms with van der Waals surface area (Å²) in [6.45, 7) is 10.9. The predicted molar refractivity (Wildman–Crippen MR) is 93.1 cm³/mol. The van der Waals surface area contributed by atoms with Gasteiger partial charge in [-0.25, -0.2) is 4.79 Å². The Kier molecular flexibility index (Phi) is 12.4. The van der Waals surface area contributed by atoms with Crippen LogP contribution in [0.5, 0.6) is 0 Å². The van der Waals surface area contributed by atoms with E-state index in [0.29, 0.717) is 25.2 Å². The molecule has 23 heavy (non-hydrogen) atoms. The molecule has 0 N–H and O–H groups in total. The maximum absolute atomic E-state index is 12.4.